The normalized spacial score (nSPS) is 11.8. The van der Waals surface area contributed by atoms with Crippen molar-refractivity contribution in [3.63, 3.8) is 0 Å². The maximum atomic E-state index is 12.2. The van der Waals surface area contributed by atoms with Crippen molar-refractivity contribution in [2.75, 3.05) is 5.32 Å². The van der Waals surface area contributed by atoms with Gasteiger partial charge in [0.25, 0.3) is 5.91 Å². The van der Waals surface area contributed by atoms with Crippen LogP contribution in [0.2, 0.25) is 0 Å². The summed E-state index contributed by atoms with van der Waals surface area (Å²) in [7, 11) is 0. The first-order valence-electron chi connectivity index (χ1n) is 7.94. The van der Waals surface area contributed by atoms with E-state index in [-0.39, 0.29) is 11.9 Å². The number of rotatable bonds is 6. The third-order valence-electron chi connectivity index (χ3n) is 3.65. The van der Waals surface area contributed by atoms with Crippen LogP contribution in [0.25, 0.3) is 0 Å². The van der Waals surface area contributed by atoms with Gasteiger partial charge in [-0.25, -0.2) is 9.97 Å². The van der Waals surface area contributed by atoms with Crippen molar-refractivity contribution >= 4 is 11.9 Å². The summed E-state index contributed by atoms with van der Waals surface area (Å²) >= 11 is 0. The third-order valence-corrected chi connectivity index (χ3v) is 3.65. The van der Waals surface area contributed by atoms with Gasteiger partial charge in [0, 0.05) is 18.3 Å². The van der Waals surface area contributed by atoms with E-state index in [1.54, 1.807) is 6.07 Å². The molecular weight excluding hydrogens is 288 g/mol. The highest BCUT2D eigenvalue weighted by Crippen LogP contribution is 2.09. The van der Waals surface area contributed by atoms with Gasteiger partial charge in [-0.3, -0.25) is 4.79 Å². The molecule has 0 aliphatic carbocycles. The van der Waals surface area contributed by atoms with Gasteiger partial charge in [-0.1, -0.05) is 36.8 Å². The Morgan fingerprint density at radius 2 is 1.87 bits per heavy atom. The van der Waals surface area contributed by atoms with Crippen LogP contribution >= 0.6 is 0 Å². The summed E-state index contributed by atoms with van der Waals surface area (Å²) in [6.07, 6.45) is 0.883. The Kier molecular flexibility index (Phi) is 5.68. The molecule has 0 aliphatic rings. The molecule has 5 heteroatoms. The highest BCUT2D eigenvalue weighted by molar-refractivity contribution is 5.92. The standard InChI is InChI=1S/C18H24N4O/c1-5-13(3)20-17(23)16-10-14(4)21-18(22-16)19-11-15-8-6-12(2)7-9-15/h6-10,13H,5,11H2,1-4H3,(H,20,23)(H,19,21,22). The Balaban J connectivity index is 2.07. The maximum Gasteiger partial charge on any atom is 0.270 e. The van der Waals surface area contributed by atoms with Crippen LogP contribution < -0.4 is 10.6 Å². The van der Waals surface area contributed by atoms with E-state index in [9.17, 15) is 4.79 Å². The van der Waals surface area contributed by atoms with Crippen LogP contribution in [0.5, 0.6) is 0 Å². The SMILES string of the molecule is CCC(C)NC(=O)c1cc(C)nc(NCc2ccc(C)cc2)n1. The number of hydrogen-bond donors (Lipinski definition) is 2. The topological polar surface area (TPSA) is 66.9 Å². The van der Waals surface area contributed by atoms with Gasteiger partial charge in [0.1, 0.15) is 5.69 Å². The molecule has 122 valence electrons. The van der Waals surface area contributed by atoms with E-state index < -0.39 is 0 Å². The molecule has 5 nitrogen and oxygen atoms in total. The number of aryl methyl sites for hydroxylation is 2. The van der Waals surface area contributed by atoms with E-state index in [2.05, 4.69) is 51.8 Å². The third kappa shape index (κ3) is 5.06. The number of anilines is 1. The Morgan fingerprint density at radius 3 is 2.52 bits per heavy atom. The van der Waals surface area contributed by atoms with Crippen molar-refractivity contribution in [2.45, 2.75) is 46.7 Å². The van der Waals surface area contributed by atoms with Crippen LogP contribution in [0.1, 0.15) is 47.6 Å². The van der Waals surface area contributed by atoms with E-state index in [1.165, 1.54) is 5.56 Å². The molecule has 1 heterocycles. The predicted octanol–water partition coefficient (Wildman–Crippen LogP) is 3.23. The smallest absolute Gasteiger partial charge is 0.270 e. The molecule has 2 rings (SSSR count). The van der Waals surface area contributed by atoms with Crippen molar-refractivity contribution < 1.29 is 4.79 Å². The number of carbonyl (C=O) groups is 1. The molecule has 0 saturated heterocycles. The molecule has 0 bridgehead atoms. The van der Waals surface area contributed by atoms with Crippen LogP contribution in [0.15, 0.2) is 30.3 Å². The number of benzene rings is 1. The lowest BCUT2D eigenvalue weighted by atomic mass is 10.1. The van der Waals surface area contributed by atoms with Crippen LogP contribution in [-0.4, -0.2) is 21.9 Å². The molecule has 1 unspecified atom stereocenters. The molecule has 2 N–H and O–H groups in total. The molecule has 23 heavy (non-hydrogen) atoms. The van der Waals surface area contributed by atoms with Crippen molar-refractivity contribution in [1.82, 2.24) is 15.3 Å². The Bertz CT molecular complexity index is 667. The number of amides is 1. The highest BCUT2D eigenvalue weighted by Gasteiger charge is 2.12. The summed E-state index contributed by atoms with van der Waals surface area (Å²) in [4.78, 5) is 20.9. The zero-order valence-corrected chi connectivity index (χ0v) is 14.2. The summed E-state index contributed by atoms with van der Waals surface area (Å²) in [6.45, 7) is 8.55. The number of nitrogens with zero attached hydrogens (tertiary/aromatic N) is 2. The van der Waals surface area contributed by atoms with Gasteiger partial charge in [-0.2, -0.15) is 0 Å². The molecule has 1 atom stereocenters. The van der Waals surface area contributed by atoms with E-state index in [0.29, 0.717) is 18.2 Å². The first kappa shape index (κ1) is 16.9. The van der Waals surface area contributed by atoms with Crippen molar-refractivity contribution in [3.8, 4) is 0 Å². The second kappa shape index (κ2) is 7.72. The van der Waals surface area contributed by atoms with Crippen LogP contribution in [0.3, 0.4) is 0 Å². The summed E-state index contributed by atoms with van der Waals surface area (Å²) in [5, 5.41) is 6.10. The van der Waals surface area contributed by atoms with E-state index in [1.807, 2.05) is 20.8 Å². The van der Waals surface area contributed by atoms with Crippen molar-refractivity contribution in [1.29, 1.82) is 0 Å². The predicted molar refractivity (Wildman–Crippen MR) is 92.5 cm³/mol. The number of aromatic nitrogens is 2. The Labute approximate surface area is 137 Å². The largest absolute Gasteiger partial charge is 0.350 e. The molecule has 0 radical (unpaired) electrons. The fourth-order valence-corrected chi connectivity index (χ4v) is 2.05. The molecule has 0 fully saturated rings. The lowest BCUT2D eigenvalue weighted by Crippen LogP contribution is -2.32. The van der Waals surface area contributed by atoms with E-state index in [4.69, 9.17) is 0 Å². The lowest BCUT2D eigenvalue weighted by molar-refractivity contribution is 0.0934. The van der Waals surface area contributed by atoms with Crippen molar-refractivity contribution in [3.05, 3.63) is 52.8 Å². The molecule has 0 aliphatic heterocycles. The average Bonchev–Trinajstić information content (AvgIpc) is 2.53. The fourth-order valence-electron chi connectivity index (χ4n) is 2.05. The summed E-state index contributed by atoms with van der Waals surface area (Å²) in [6, 6.07) is 10.1. The van der Waals surface area contributed by atoms with Gasteiger partial charge in [0.05, 0.1) is 0 Å². The van der Waals surface area contributed by atoms with Crippen molar-refractivity contribution in [2.24, 2.45) is 0 Å². The van der Waals surface area contributed by atoms with Crippen LogP contribution in [0, 0.1) is 13.8 Å². The van der Waals surface area contributed by atoms with E-state index in [0.717, 1.165) is 17.7 Å². The highest BCUT2D eigenvalue weighted by atomic mass is 16.1. The van der Waals surface area contributed by atoms with Gasteiger partial charge < -0.3 is 10.6 Å². The lowest BCUT2D eigenvalue weighted by Gasteiger charge is -2.12. The quantitative estimate of drug-likeness (QED) is 0.859. The number of nitrogens with one attached hydrogen (secondary N) is 2. The second-order valence-electron chi connectivity index (χ2n) is 5.84. The van der Waals surface area contributed by atoms with Gasteiger partial charge in [0.2, 0.25) is 5.95 Å². The Hall–Kier alpha value is -2.43. The minimum Gasteiger partial charge on any atom is -0.350 e. The minimum absolute atomic E-state index is 0.127. The average molecular weight is 312 g/mol. The zero-order valence-electron chi connectivity index (χ0n) is 14.2. The maximum absolute atomic E-state index is 12.2. The monoisotopic (exact) mass is 312 g/mol. The van der Waals surface area contributed by atoms with Crippen LogP contribution in [0.4, 0.5) is 5.95 Å². The Morgan fingerprint density at radius 1 is 1.17 bits per heavy atom. The summed E-state index contributed by atoms with van der Waals surface area (Å²) in [5.74, 6) is 0.308. The minimum atomic E-state index is -0.164. The van der Waals surface area contributed by atoms with Gasteiger partial charge in [0.15, 0.2) is 0 Å². The second-order valence-corrected chi connectivity index (χ2v) is 5.84. The molecule has 0 saturated carbocycles. The molecule has 0 spiro atoms. The summed E-state index contributed by atoms with van der Waals surface area (Å²) < 4.78 is 0. The molecular formula is C18H24N4O. The fraction of sp³-hybridized carbons (Fsp3) is 0.389. The van der Waals surface area contributed by atoms with Gasteiger partial charge >= 0.3 is 0 Å². The molecule has 2 aromatic rings. The molecule has 1 aromatic carbocycles. The number of carbonyl (C=O) groups excluding carboxylic acids is 1. The van der Waals surface area contributed by atoms with Gasteiger partial charge in [-0.05, 0) is 38.8 Å². The van der Waals surface area contributed by atoms with Gasteiger partial charge in [-0.15, -0.1) is 0 Å². The first-order valence-corrected chi connectivity index (χ1v) is 7.94. The van der Waals surface area contributed by atoms with Crippen LogP contribution in [-0.2, 0) is 6.54 Å². The molecule has 1 aromatic heterocycles. The van der Waals surface area contributed by atoms with E-state index >= 15 is 0 Å². The molecule has 1 amide bonds. The zero-order chi connectivity index (χ0) is 16.8. The first-order chi connectivity index (χ1) is 11.0. The number of hydrogen-bond acceptors (Lipinski definition) is 4. The summed E-state index contributed by atoms with van der Waals surface area (Å²) in [5.41, 5.74) is 3.53.